The van der Waals surface area contributed by atoms with Gasteiger partial charge < -0.3 is 4.74 Å². The van der Waals surface area contributed by atoms with Crippen molar-refractivity contribution in [1.29, 1.82) is 0 Å². The van der Waals surface area contributed by atoms with E-state index in [1.165, 1.54) is 11.3 Å². The van der Waals surface area contributed by atoms with E-state index in [4.69, 9.17) is 16.3 Å². The lowest BCUT2D eigenvalue weighted by atomic mass is 10.2. The van der Waals surface area contributed by atoms with E-state index < -0.39 is 17.9 Å². The molecule has 0 aliphatic heterocycles. The number of halogens is 1. The summed E-state index contributed by atoms with van der Waals surface area (Å²) < 4.78 is 6.46. The van der Waals surface area contributed by atoms with Gasteiger partial charge in [-0.05, 0) is 32.0 Å². The average Bonchev–Trinajstić information content (AvgIpc) is 2.98. The molecule has 5 nitrogen and oxygen atoms in total. The Kier molecular flexibility index (Phi) is 5.44. The van der Waals surface area contributed by atoms with Crippen LogP contribution in [0.2, 0.25) is 5.02 Å². The fourth-order valence-corrected chi connectivity index (χ4v) is 3.72. The van der Waals surface area contributed by atoms with Crippen molar-refractivity contribution in [3.8, 4) is 5.75 Å². The topological polar surface area (TPSA) is 67.4 Å². The minimum Gasteiger partial charge on any atom is -0.481 e. The number of carbonyl (C=O) groups excluding carboxylic acids is 2. The summed E-state index contributed by atoms with van der Waals surface area (Å²) in [4.78, 5) is 24.8. The van der Waals surface area contributed by atoms with Crippen LogP contribution in [0, 0.1) is 6.92 Å². The van der Waals surface area contributed by atoms with Crippen molar-refractivity contribution in [2.45, 2.75) is 20.0 Å². The molecule has 1 heterocycles. The third kappa shape index (κ3) is 3.98. The number of hydrazine groups is 1. The third-order valence-corrected chi connectivity index (χ3v) is 5.42. The number of hydrogen-bond acceptors (Lipinski definition) is 4. The summed E-state index contributed by atoms with van der Waals surface area (Å²) in [6.07, 6.45) is -0.768. The quantitative estimate of drug-likeness (QED) is 0.661. The van der Waals surface area contributed by atoms with Crippen LogP contribution in [-0.4, -0.2) is 17.9 Å². The SMILES string of the molecule is Cc1ccc(O[C@H](C)C(=O)NNC(=O)c2sc3ccccc3c2Cl)cc1. The molecule has 0 saturated heterocycles. The van der Waals surface area contributed by atoms with Crippen LogP contribution in [0.25, 0.3) is 10.1 Å². The molecule has 0 saturated carbocycles. The van der Waals surface area contributed by atoms with Crippen LogP contribution in [0.5, 0.6) is 5.75 Å². The highest BCUT2D eigenvalue weighted by molar-refractivity contribution is 7.21. The lowest BCUT2D eigenvalue weighted by Gasteiger charge is -2.15. The maximum atomic E-state index is 12.3. The van der Waals surface area contributed by atoms with Gasteiger partial charge >= 0.3 is 0 Å². The first-order valence-electron chi connectivity index (χ1n) is 7.96. The van der Waals surface area contributed by atoms with Gasteiger partial charge in [-0.25, -0.2) is 0 Å². The smallest absolute Gasteiger partial charge is 0.281 e. The Morgan fingerprint density at radius 3 is 2.46 bits per heavy atom. The number of carbonyl (C=O) groups is 2. The number of thiophene rings is 1. The highest BCUT2D eigenvalue weighted by atomic mass is 35.5. The van der Waals surface area contributed by atoms with Gasteiger partial charge in [-0.2, -0.15) is 0 Å². The van der Waals surface area contributed by atoms with Crippen molar-refractivity contribution in [3.05, 3.63) is 64.0 Å². The largest absolute Gasteiger partial charge is 0.481 e. The normalized spacial score (nSPS) is 11.8. The van der Waals surface area contributed by atoms with Gasteiger partial charge in [-0.1, -0.05) is 47.5 Å². The van der Waals surface area contributed by atoms with Crippen molar-refractivity contribution >= 4 is 44.8 Å². The van der Waals surface area contributed by atoms with E-state index >= 15 is 0 Å². The van der Waals surface area contributed by atoms with Crippen LogP contribution in [0.3, 0.4) is 0 Å². The molecule has 3 rings (SSSR count). The zero-order valence-electron chi connectivity index (χ0n) is 14.2. The van der Waals surface area contributed by atoms with E-state index in [2.05, 4.69) is 10.9 Å². The Balaban J connectivity index is 1.60. The standard InChI is InChI=1S/C19H17ClN2O3S/c1-11-7-9-13(10-8-11)25-12(2)18(23)21-22-19(24)17-16(20)14-5-3-4-6-15(14)26-17/h3-10,12H,1-2H3,(H,21,23)(H,22,24)/t12-/m1/s1. The summed E-state index contributed by atoms with van der Waals surface area (Å²) in [7, 11) is 0. The van der Waals surface area contributed by atoms with Crippen molar-refractivity contribution in [2.24, 2.45) is 0 Å². The average molecular weight is 389 g/mol. The Morgan fingerprint density at radius 2 is 1.77 bits per heavy atom. The highest BCUT2D eigenvalue weighted by Crippen LogP contribution is 2.34. The second-order valence-corrected chi connectivity index (χ2v) is 7.19. The van der Waals surface area contributed by atoms with Gasteiger partial charge in [0, 0.05) is 10.1 Å². The molecule has 26 heavy (non-hydrogen) atoms. The fourth-order valence-electron chi connectivity index (χ4n) is 2.31. The molecule has 0 aliphatic rings. The summed E-state index contributed by atoms with van der Waals surface area (Å²) in [6.45, 7) is 3.57. The Hall–Kier alpha value is -2.57. The Morgan fingerprint density at radius 1 is 1.08 bits per heavy atom. The van der Waals surface area contributed by atoms with Crippen LogP contribution in [0.1, 0.15) is 22.2 Å². The Bertz CT molecular complexity index is 953. The van der Waals surface area contributed by atoms with E-state index in [-0.39, 0.29) is 0 Å². The number of fused-ring (bicyclic) bond motifs is 1. The zero-order valence-corrected chi connectivity index (χ0v) is 15.8. The summed E-state index contributed by atoms with van der Waals surface area (Å²) in [5.74, 6) is -0.347. The molecule has 0 unspecified atom stereocenters. The minimum atomic E-state index is -0.768. The van der Waals surface area contributed by atoms with E-state index in [9.17, 15) is 9.59 Å². The fraction of sp³-hybridized carbons (Fsp3) is 0.158. The van der Waals surface area contributed by atoms with E-state index in [1.54, 1.807) is 19.1 Å². The second-order valence-electron chi connectivity index (χ2n) is 5.76. The molecular weight excluding hydrogens is 372 g/mol. The van der Waals surface area contributed by atoms with Gasteiger partial charge in [0.1, 0.15) is 10.6 Å². The zero-order chi connectivity index (χ0) is 18.7. The van der Waals surface area contributed by atoms with Crippen molar-refractivity contribution in [2.75, 3.05) is 0 Å². The highest BCUT2D eigenvalue weighted by Gasteiger charge is 2.19. The molecule has 1 aromatic heterocycles. The molecule has 0 radical (unpaired) electrons. The monoisotopic (exact) mass is 388 g/mol. The molecule has 134 valence electrons. The Labute approximate surface area is 159 Å². The van der Waals surface area contributed by atoms with Crippen molar-refractivity contribution < 1.29 is 14.3 Å². The maximum absolute atomic E-state index is 12.3. The lowest BCUT2D eigenvalue weighted by molar-refractivity contribution is -0.128. The van der Waals surface area contributed by atoms with E-state index in [0.29, 0.717) is 15.6 Å². The van der Waals surface area contributed by atoms with E-state index in [0.717, 1.165) is 15.6 Å². The predicted octanol–water partition coefficient (Wildman–Crippen LogP) is 4.09. The van der Waals surface area contributed by atoms with Crippen LogP contribution in [-0.2, 0) is 4.79 Å². The number of benzene rings is 2. The molecule has 0 fully saturated rings. The first-order chi connectivity index (χ1) is 12.5. The van der Waals surface area contributed by atoms with Gasteiger partial charge in [-0.15, -0.1) is 11.3 Å². The minimum absolute atomic E-state index is 0.347. The van der Waals surface area contributed by atoms with Gasteiger partial charge in [-0.3, -0.25) is 20.4 Å². The molecule has 1 atom stereocenters. The van der Waals surface area contributed by atoms with Gasteiger partial charge in [0.05, 0.1) is 5.02 Å². The number of aryl methyl sites for hydroxylation is 1. The number of hydrogen-bond donors (Lipinski definition) is 2. The number of amides is 2. The maximum Gasteiger partial charge on any atom is 0.281 e. The summed E-state index contributed by atoms with van der Waals surface area (Å²) in [6, 6.07) is 14.8. The first kappa shape index (κ1) is 18.2. The molecule has 3 aromatic rings. The van der Waals surface area contributed by atoms with Crippen molar-refractivity contribution in [3.63, 3.8) is 0 Å². The molecule has 7 heteroatoms. The molecule has 0 spiro atoms. The molecule has 2 amide bonds. The van der Waals surface area contributed by atoms with Gasteiger partial charge in [0.2, 0.25) is 0 Å². The number of rotatable bonds is 4. The van der Waals surface area contributed by atoms with Gasteiger partial charge in [0.25, 0.3) is 11.8 Å². The molecule has 0 aliphatic carbocycles. The summed E-state index contributed by atoms with van der Waals surface area (Å²) >= 11 is 7.53. The van der Waals surface area contributed by atoms with Crippen LogP contribution < -0.4 is 15.6 Å². The van der Waals surface area contributed by atoms with Crippen LogP contribution in [0.4, 0.5) is 0 Å². The number of nitrogens with one attached hydrogen (secondary N) is 2. The van der Waals surface area contributed by atoms with Crippen LogP contribution >= 0.6 is 22.9 Å². The molecular formula is C19H17ClN2O3S. The molecule has 2 N–H and O–H groups in total. The second kappa shape index (κ2) is 7.76. The summed E-state index contributed by atoms with van der Waals surface area (Å²) in [5, 5.41) is 1.19. The van der Waals surface area contributed by atoms with Crippen molar-refractivity contribution in [1.82, 2.24) is 10.9 Å². The first-order valence-corrected chi connectivity index (χ1v) is 9.15. The van der Waals surface area contributed by atoms with E-state index in [1.807, 2.05) is 43.3 Å². The predicted molar refractivity (Wildman–Crippen MR) is 104 cm³/mol. The summed E-state index contributed by atoms with van der Waals surface area (Å²) in [5.41, 5.74) is 5.85. The third-order valence-electron chi connectivity index (χ3n) is 3.74. The lowest BCUT2D eigenvalue weighted by Crippen LogP contribution is -2.47. The number of ether oxygens (including phenoxy) is 1. The van der Waals surface area contributed by atoms with Gasteiger partial charge in [0.15, 0.2) is 6.10 Å². The molecule has 2 aromatic carbocycles. The van der Waals surface area contributed by atoms with Crippen LogP contribution in [0.15, 0.2) is 48.5 Å². The molecule has 0 bridgehead atoms.